The lowest BCUT2D eigenvalue weighted by Crippen LogP contribution is -2.33. The molecule has 4 rings (SSSR count). The van der Waals surface area contributed by atoms with Crippen LogP contribution in [0.15, 0.2) is 36.4 Å². The van der Waals surface area contributed by atoms with E-state index >= 15 is 0 Å². The Morgan fingerprint density at radius 3 is 2.42 bits per heavy atom. The maximum absolute atomic E-state index is 8.14. The van der Waals surface area contributed by atoms with Gasteiger partial charge in [-0.1, -0.05) is 70.7 Å². The van der Waals surface area contributed by atoms with Crippen LogP contribution in [0.25, 0.3) is 10.8 Å². The lowest BCUT2D eigenvalue weighted by Gasteiger charge is -2.27. The van der Waals surface area contributed by atoms with Crippen molar-refractivity contribution in [3.8, 4) is 0 Å². The van der Waals surface area contributed by atoms with Gasteiger partial charge < -0.3 is 5.73 Å². The number of halogens is 4. The minimum Gasteiger partial charge on any atom is -0.369 e. The molecule has 26 heavy (non-hydrogen) atoms. The van der Waals surface area contributed by atoms with Crippen LogP contribution in [0.3, 0.4) is 0 Å². The second-order valence-electron chi connectivity index (χ2n) is 6.12. The van der Waals surface area contributed by atoms with Crippen LogP contribution in [0.5, 0.6) is 0 Å². The third-order valence-electron chi connectivity index (χ3n) is 4.67. The van der Waals surface area contributed by atoms with Crippen molar-refractivity contribution >= 4 is 74.5 Å². The highest BCUT2D eigenvalue weighted by atomic mass is 35.5. The highest BCUT2D eigenvalue weighted by Crippen LogP contribution is 2.46. The van der Waals surface area contributed by atoms with E-state index in [0.29, 0.717) is 5.69 Å². The van der Waals surface area contributed by atoms with Gasteiger partial charge in [-0.15, -0.1) is 0 Å². The second-order valence-corrected chi connectivity index (χ2v) is 7.66. The zero-order valence-corrected chi connectivity index (χ0v) is 16.4. The zero-order valence-electron chi connectivity index (χ0n) is 13.4. The zero-order chi connectivity index (χ0) is 18.6. The summed E-state index contributed by atoms with van der Waals surface area (Å²) in [5.41, 5.74) is 9.57. The van der Waals surface area contributed by atoms with Crippen LogP contribution < -0.4 is 10.6 Å². The van der Waals surface area contributed by atoms with Crippen LogP contribution in [-0.2, 0) is 12.8 Å². The highest BCUT2D eigenvalue weighted by molar-refractivity contribution is 6.53. The molecule has 0 unspecified atom stereocenters. The summed E-state index contributed by atoms with van der Waals surface area (Å²) in [6.45, 7) is 0. The molecular weight excluding hydrogens is 412 g/mol. The molecule has 0 saturated carbocycles. The first-order chi connectivity index (χ1) is 12.4. The smallest absolute Gasteiger partial charge is 0.197 e. The molecule has 3 aromatic rings. The normalized spacial score (nSPS) is 12.6. The SMILES string of the molecule is N=C(N)N(c1cc(Cl)c(Cl)c(Cl)c1Cl)c1ccc2cccc3c2c1CC3. The fourth-order valence-corrected chi connectivity index (χ4v) is 4.44. The van der Waals surface area contributed by atoms with Gasteiger partial charge in [0.25, 0.3) is 0 Å². The van der Waals surface area contributed by atoms with Crippen molar-refractivity contribution in [1.82, 2.24) is 0 Å². The Kier molecular flexibility index (Phi) is 4.44. The molecule has 3 N–H and O–H groups in total. The average Bonchev–Trinajstić information content (AvgIpc) is 3.05. The predicted molar refractivity (Wildman–Crippen MR) is 112 cm³/mol. The number of aryl methyl sites for hydroxylation is 2. The molecule has 0 amide bonds. The van der Waals surface area contributed by atoms with E-state index in [1.54, 1.807) is 11.0 Å². The molecule has 132 valence electrons. The standard InChI is InChI=1S/C19H13Cl4N3/c20-12-8-14(17(22)18(23)16(12)21)26(19(24)25)13-7-5-10-3-1-2-9-4-6-11(13)15(9)10/h1-3,5,7-8H,4,6H2,(H3,24,25). The fraction of sp³-hybridized carbons (Fsp3) is 0.105. The van der Waals surface area contributed by atoms with Crippen molar-refractivity contribution in [2.24, 2.45) is 5.73 Å². The van der Waals surface area contributed by atoms with Crippen LogP contribution in [0.2, 0.25) is 20.1 Å². The quantitative estimate of drug-likeness (QED) is 0.211. The van der Waals surface area contributed by atoms with Gasteiger partial charge in [0, 0.05) is 0 Å². The van der Waals surface area contributed by atoms with Crippen molar-refractivity contribution in [1.29, 1.82) is 5.41 Å². The Hall–Kier alpha value is -1.65. The third kappa shape index (κ3) is 2.62. The molecule has 7 heteroatoms. The molecule has 0 fully saturated rings. The molecule has 3 aromatic carbocycles. The Morgan fingerprint density at radius 2 is 1.69 bits per heavy atom. The van der Waals surface area contributed by atoms with Crippen LogP contribution in [0.1, 0.15) is 11.1 Å². The molecule has 1 aliphatic carbocycles. The van der Waals surface area contributed by atoms with E-state index in [9.17, 15) is 0 Å². The molecular formula is C19H13Cl4N3. The van der Waals surface area contributed by atoms with E-state index in [2.05, 4.69) is 18.2 Å². The number of nitrogens with zero attached hydrogens (tertiary/aromatic N) is 1. The Morgan fingerprint density at radius 1 is 0.923 bits per heavy atom. The third-order valence-corrected chi connectivity index (χ3v) is 6.41. The largest absolute Gasteiger partial charge is 0.369 e. The number of benzene rings is 3. The minimum atomic E-state index is -0.179. The molecule has 3 nitrogen and oxygen atoms in total. The van der Waals surface area contributed by atoms with E-state index in [1.807, 2.05) is 12.1 Å². The molecule has 0 aromatic heterocycles. The number of guanidine groups is 1. The van der Waals surface area contributed by atoms with Gasteiger partial charge in [-0.2, -0.15) is 0 Å². The molecule has 0 saturated heterocycles. The molecule has 0 radical (unpaired) electrons. The maximum Gasteiger partial charge on any atom is 0.197 e. The van der Waals surface area contributed by atoms with Gasteiger partial charge in [0.15, 0.2) is 5.96 Å². The van der Waals surface area contributed by atoms with Crippen LogP contribution in [0, 0.1) is 5.41 Å². The lowest BCUT2D eigenvalue weighted by molar-refractivity contribution is 1.02. The van der Waals surface area contributed by atoms with Crippen LogP contribution >= 0.6 is 46.4 Å². The fourth-order valence-electron chi connectivity index (χ4n) is 3.57. The van der Waals surface area contributed by atoms with Crippen molar-refractivity contribution in [3.05, 3.63) is 67.6 Å². The van der Waals surface area contributed by atoms with Crippen molar-refractivity contribution in [2.75, 3.05) is 4.90 Å². The molecule has 1 aliphatic rings. The average molecular weight is 425 g/mol. The summed E-state index contributed by atoms with van der Waals surface area (Å²) in [7, 11) is 0. The Balaban J connectivity index is 1.99. The van der Waals surface area contributed by atoms with E-state index in [-0.39, 0.29) is 26.1 Å². The van der Waals surface area contributed by atoms with Crippen molar-refractivity contribution in [3.63, 3.8) is 0 Å². The molecule has 0 atom stereocenters. The van der Waals surface area contributed by atoms with E-state index in [1.165, 1.54) is 16.3 Å². The number of rotatable bonds is 2. The van der Waals surface area contributed by atoms with E-state index < -0.39 is 0 Å². The van der Waals surface area contributed by atoms with Gasteiger partial charge in [-0.3, -0.25) is 10.3 Å². The summed E-state index contributed by atoms with van der Waals surface area (Å²) in [5, 5.41) is 11.3. The molecule has 0 aliphatic heterocycles. The van der Waals surface area contributed by atoms with Gasteiger partial charge in [0.05, 0.1) is 31.5 Å². The number of anilines is 2. The second kappa shape index (κ2) is 6.50. The first kappa shape index (κ1) is 17.7. The monoisotopic (exact) mass is 423 g/mol. The summed E-state index contributed by atoms with van der Waals surface area (Å²) < 4.78 is 0. The van der Waals surface area contributed by atoms with Crippen molar-refractivity contribution < 1.29 is 0 Å². The number of hydrogen-bond donors (Lipinski definition) is 2. The Bertz CT molecular complexity index is 1080. The number of hydrogen-bond acceptors (Lipinski definition) is 1. The van der Waals surface area contributed by atoms with Gasteiger partial charge >= 0.3 is 0 Å². The van der Waals surface area contributed by atoms with E-state index in [4.69, 9.17) is 57.5 Å². The lowest BCUT2D eigenvalue weighted by atomic mass is 10.0. The van der Waals surface area contributed by atoms with Crippen LogP contribution in [0.4, 0.5) is 11.4 Å². The Labute approximate surface area is 170 Å². The summed E-state index contributed by atoms with van der Waals surface area (Å²) >= 11 is 24.9. The molecule has 0 heterocycles. The summed E-state index contributed by atoms with van der Waals surface area (Å²) in [5.74, 6) is -0.179. The predicted octanol–water partition coefficient (Wildman–Crippen LogP) is 6.58. The first-order valence-electron chi connectivity index (χ1n) is 7.90. The maximum atomic E-state index is 8.14. The molecule has 0 spiro atoms. The summed E-state index contributed by atoms with van der Waals surface area (Å²) in [4.78, 5) is 1.56. The van der Waals surface area contributed by atoms with Gasteiger partial charge in [0.2, 0.25) is 0 Å². The van der Waals surface area contributed by atoms with Crippen LogP contribution in [-0.4, -0.2) is 5.96 Å². The minimum absolute atomic E-state index is 0.139. The summed E-state index contributed by atoms with van der Waals surface area (Å²) in [6, 6.07) is 11.8. The topological polar surface area (TPSA) is 53.1 Å². The van der Waals surface area contributed by atoms with E-state index in [0.717, 1.165) is 24.1 Å². The molecule has 0 bridgehead atoms. The number of nitrogens with two attached hydrogens (primary N) is 1. The van der Waals surface area contributed by atoms with Gasteiger partial charge in [0.1, 0.15) is 0 Å². The van der Waals surface area contributed by atoms with Gasteiger partial charge in [-0.05, 0) is 46.9 Å². The highest BCUT2D eigenvalue weighted by Gasteiger charge is 2.26. The van der Waals surface area contributed by atoms with Crippen molar-refractivity contribution in [2.45, 2.75) is 12.8 Å². The summed E-state index contributed by atoms with van der Waals surface area (Å²) in [6.07, 6.45) is 1.81. The number of nitrogens with one attached hydrogen (secondary N) is 1. The van der Waals surface area contributed by atoms with Gasteiger partial charge in [-0.25, -0.2) is 0 Å². The first-order valence-corrected chi connectivity index (χ1v) is 9.42.